The first kappa shape index (κ1) is 9.96. The van der Waals surface area contributed by atoms with Crippen LogP contribution >= 0.6 is 0 Å². The normalized spacial score (nSPS) is 22.6. The highest BCUT2D eigenvalue weighted by molar-refractivity contribution is 6.03. The van der Waals surface area contributed by atoms with Gasteiger partial charge < -0.3 is 5.11 Å². The molecule has 3 nitrogen and oxygen atoms in total. The lowest BCUT2D eigenvalue weighted by Crippen LogP contribution is -2.21. The first-order valence-corrected chi connectivity index (χ1v) is 4.51. The second-order valence-corrected chi connectivity index (χ2v) is 3.73. The van der Waals surface area contributed by atoms with Crippen LogP contribution in [0.15, 0.2) is 16.6 Å². The number of carbonyl (C=O) groups is 1. The molecule has 1 aliphatic rings. The molecule has 1 unspecified atom stereocenters. The summed E-state index contributed by atoms with van der Waals surface area (Å²) in [6.07, 6.45) is 1.71. The van der Waals surface area contributed by atoms with Crippen molar-refractivity contribution in [2.75, 3.05) is 6.54 Å². The van der Waals surface area contributed by atoms with Crippen molar-refractivity contribution in [3.63, 3.8) is 0 Å². The largest absolute Gasteiger partial charge is 0.478 e. The summed E-state index contributed by atoms with van der Waals surface area (Å²) in [5.41, 5.74) is 1.38. The molecular weight excluding hydrogens is 166 g/mol. The summed E-state index contributed by atoms with van der Waals surface area (Å²) in [5.74, 6) is -0.470. The van der Waals surface area contributed by atoms with E-state index in [1.54, 1.807) is 6.08 Å². The Morgan fingerprint density at radius 2 is 2.31 bits per heavy atom. The Hall–Kier alpha value is -1.12. The van der Waals surface area contributed by atoms with E-state index in [9.17, 15) is 4.79 Å². The minimum atomic E-state index is -0.819. The fourth-order valence-corrected chi connectivity index (χ4v) is 1.31. The molecule has 72 valence electrons. The lowest BCUT2D eigenvalue weighted by Gasteiger charge is -2.18. The molecule has 1 aliphatic heterocycles. The van der Waals surface area contributed by atoms with E-state index in [2.05, 4.69) is 4.99 Å². The van der Waals surface area contributed by atoms with Crippen molar-refractivity contribution in [2.45, 2.75) is 20.8 Å². The molecule has 3 heteroatoms. The summed E-state index contributed by atoms with van der Waals surface area (Å²) in [7, 11) is 0. The number of aliphatic carboxylic acids is 1. The van der Waals surface area contributed by atoms with Crippen molar-refractivity contribution in [3.05, 3.63) is 11.6 Å². The lowest BCUT2D eigenvalue weighted by molar-refractivity contribution is -0.133. The molecule has 0 bridgehead atoms. The van der Waals surface area contributed by atoms with Crippen molar-refractivity contribution in [3.8, 4) is 0 Å². The number of carboxylic acid groups (broad SMARTS) is 1. The molecule has 0 aromatic rings. The molecule has 1 N–H and O–H groups in total. The zero-order valence-electron chi connectivity index (χ0n) is 8.24. The van der Waals surface area contributed by atoms with Gasteiger partial charge in [-0.05, 0) is 12.0 Å². The van der Waals surface area contributed by atoms with Crippen LogP contribution in [0.5, 0.6) is 0 Å². The van der Waals surface area contributed by atoms with E-state index < -0.39 is 5.97 Å². The topological polar surface area (TPSA) is 49.7 Å². The Morgan fingerprint density at radius 1 is 1.69 bits per heavy atom. The van der Waals surface area contributed by atoms with E-state index in [1.807, 2.05) is 20.8 Å². The third-order valence-electron chi connectivity index (χ3n) is 2.22. The molecular formula is C10H15NO2. The number of carboxylic acids is 1. The van der Waals surface area contributed by atoms with Gasteiger partial charge in [0.25, 0.3) is 0 Å². The van der Waals surface area contributed by atoms with Crippen molar-refractivity contribution < 1.29 is 9.90 Å². The SMILES string of the molecule is CC(C)C1=NCC(C)C(C(=O)O)=C1. The molecule has 0 saturated carbocycles. The van der Waals surface area contributed by atoms with Crippen LogP contribution in [0, 0.1) is 11.8 Å². The maximum Gasteiger partial charge on any atom is 0.331 e. The number of allylic oxidation sites excluding steroid dienone is 1. The number of aliphatic imine (C=N–C) groups is 1. The van der Waals surface area contributed by atoms with Gasteiger partial charge in [-0.25, -0.2) is 4.79 Å². The van der Waals surface area contributed by atoms with Crippen LogP contribution in [0.3, 0.4) is 0 Å². The first-order chi connectivity index (χ1) is 6.02. The number of hydrogen-bond donors (Lipinski definition) is 1. The molecule has 13 heavy (non-hydrogen) atoms. The second kappa shape index (κ2) is 3.73. The van der Waals surface area contributed by atoms with E-state index in [4.69, 9.17) is 5.11 Å². The zero-order chi connectivity index (χ0) is 10.0. The van der Waals surface area contributed by atoms with Gasteiger partial charge in [-0.1, -0.05) is 20.8 Å². The van der Waals surface area contributed by atoms with Crippen LogP contribution in [-0.4, -0.2) is 23.3 Å². The van der Waals surface area contributed by atoms with Crippen LogP contribution < -0.4 is 0 Å². The molecule has 0 spiro atoms. The molecule has 0 fully saturated rings. The summed E-state index contributed by atoms with van der Waals surface area (Å²) in [4.78, 5) is 15.1. The Morgan fingerprint density at radius 3 is 2.77 bits per heavy atom. The monoisotopic (exact) mass is 181 g/mol. The highest BCUT2D eigenvalue weighted by Crippen LogP contribution is 2.18. The van der Waals surface area contributed by atoms with Gasteiger partial charge in [0.1, 0.15) is 0 Å². The van der Waals surface area contributed by atoms with Gasteiger partial charge in [-0.3, -0.25) is 4.99 Å². The molecule has 0 aromatic carbocycles. The average Bonchev–Trinajstić information content (AvgIpc) is 2.04. The number of nitrogens with zero attached hydrogens (tertiary/aromatic N) is 1. The smallest absolute Gasteiger partial charge is 0.331 e. The maximum absolute atomic E-state index is 10.8. The van der Waals surface area contributed by atoms with E-state index in [-0.39, 0.29) is 5.92 Å². The highest BCUT2D eigenvalue weighted by Gasteiger charge is 2.21. The summed E-state index contributed by atoms with van der Waals surface area (Å²) in [6.45, 7) is 6.53. The Balaban J connectivity index is 2.92. The summed E-state index contributed by atoms with van der Waals surface area (Å²) in [6, 6.07) is 0. The van der Waals surface area contributed by atoms with Crippen molar-refractivity contribution in [2.24, 2.45) is 16.8 Å². The van der Waals surface area contributed by atoms with Gasteiger partial charge >= 0.3 is 5.97 Å². The minimum Gasteiger partial charge on any atom is -0.478 e. The molecule has 0 aliphatic carbocycles. The van der Waals surface area contributed by atoms with E-state index in [0.29, 0.717) is 18.0 Å². The van der Waals surface area contributed by atoms with E-state index in [0.717, 1.165) is 5.71 Å². The minimum absolute atomic E-state index is 0.0417. The van der Waals surface area contributed by atoms with Gasteiger partial charge in [0, 0.05) is 23.7 Å². The number of hydrogen-bond acceptors (Lipinski definition) is 2. The Kier molecular flexibility index (Phi) is 2.86. The lowest BCUT2D eigenvalue weighted by atomic mass is 9.94. The molecule has 1 rings (SSSR count). The fraction of sp³-hybridized carbons (Fsp3) is 0.600. The molecule has 0 amide bonds. The molecule has 1 atom stereocenters. The van der Waals surface area contributed by atoms with Crippen LogP contribution in [0.2, 0.25) is 0 Å². The van der Waals surface area contributed by atoms with Gasteiger partial charge in [0.2, 0.25) is 0 Å². The molecule has 0 saturated heterocycles. The number of rotatable bonds is 2. The van der Waals surface area contributed by atoms with Crippen LogP contribution in [0.25, 0.3) is 0 Å². The molecule has 0 radical (unpaired) electrons. The Bertz CT molecular complexity index is 277. The van der Waals surface area contributed by atoms with Crippen molar-refractivity contribution in [1.29, 1.82) is 0 Å². The predicted octanol–water partition coefficient (Wildman–Crippen LogP) is 1.74. The fourth-order valence-electron chi connectivity index (χ4n) is 1.31. The number of dihydropyridines is 1. The van der Waals surface area contributed by atoms with Crippen LogP contribution in [0.4, 0.5) is 0 Å². The van der Waals surface area contributed by atoms with Crippen molar-refractivity contribution >= 4 is 11.7 Å². The van der Waals surface area contributed by atoms with Gasteiger partial charge in [-0.15, -0.1) is 0 Å². The second-order valence-electron chi connectivity index (χ2n) is 3.73. The van der Waals surface area contributed by atoms with Gasteiger partial charge in [0.05, 0.1) is 0 Å². The van der Waals surface area contributed by atoms with Crippen LogP contribution in [-0.2, 0) is 4.79 Å². The standard InChI is InChI=1S/C10H15NO2/c1-6(2)9-4-8(10(12)13)7(3)5-11-9/h4,6-7H,5H2,1-3H3,(H,12,13). The predicted molar refractivity (Wildman–Crippen MR) is 52.0 cm³/mol. The molecule has 1 heterocycles. The summed E-state index contributed by atoms with van der Waals surface area (Å²) < 4.78 is 0. The molecule has 0 aromatic heterocycles. The van der Waals surface area contributed by atoms with E-state index in [1.165, 1.54) is 0 Å². The van der Waals surface area contributed by atoms with E-state index >= 15 is 0 Å². The van der Waals surface area contributed by atoms with Gasteiger partial charge in [-0.2, -0.15) is 0 Å². The summed E-state index contributed by atoms with van der Waals surface area (Å²) in [5, 5.41) is 8.88. The van der Waals surface area contributed by atoms with Crippen molar-refractivity contribution in [1.82, 2.24) is 0 Å². The quantitative estimate of drug-likeness (QED) is 0.705. The third-order valence-corrected chi connectivity index (χ3v) is 2.22. The van der Waals surface area contributed by atoms with Crippen LogP contribution in [0.1, 0.15) is 20.8 Å². The highest BCUT2D eigenvalue weighted by atomic mass is 16.4. The Labute approximate surface area is 78.2 Å². The first-order valence-electron chi connectivity index (χ1n) is 4.51. The zero-order valence-corrected chi connectivity index (χ0v) is 8.24. The third kappa shape index (κ3) is 2.17. The maximum atomic E-state index is 10.8. The summed E-state index contributed by atoms with van der Waals surface area (Å²) >= 11 is 0. The average molecular weight is 181 g/mol. The van der Waals surface area contributed by atoms with Gasteiger partial charge in [0.15, 0.2) is 0 Å².